The van der Waals surface area contributed by atoms with Gasteiger partial charge >= 0.3 is 0 Å². The number of fused-ring (bicyclic) bond motifs is 1. The maximum Gasteiger partial charge on any atom is 0.277 e. The summed E-state index contributed by atoms with van der Waals surface area (Å²) in [6.45, 7) is 5.22. The second kappa shape index (κ2) is 11.0. The zero-order valence-corrected chi connectivity index (χ0v) is 22.3. The molecular formula is C27H33N5O4S. The van der Waals surface area contributed by atoms with Crippen LogP contribution < -0.4 is 10.3 Å². The minimum Gasteiger partial charge on any atom is -0.393 e. The topological polar surface area (TPSA) is 129 Å². The molecule has 37 heavy (non-hydrogen) atoms. The Morgan fingerprint density at radius 1 is 1.11 bits per heavy atom. The van der Waals surface area contributed by atoms with Gasteiger partial charge in [0.1, 0.15) is 11.6 Å². The molecule has 0 aliphatic heterocycles. The Morgan fingerprint density at radius 3 is 2.51 bits per heavy atom. The zero-order valence-electron chi connectivity index (χ0n) is 21.5. The van der Waals surface area contributed by atoms with E-state index in [1.807, 2.05) is 24.3 Å². The van der Waals surface area contributed by atoms with Gasteiger partial charge in [-0.15, -0.1) is 0 Å². The van der Waals surface area contributed by atoms with Crippen molar-refractivity contribution in [2.45, 2.75) is 63.4 Å². The molecule has 2 aromatic heterocycles. The number of hydrogen-bond acceptors (Lipinski definition) is 6. The first-order chi connectivity index (χ1) is 17.6. The molecule has 2 heterocycles. The number of benzene rings is 2. The number of H-pyrrole nitrogens is 1. The molecule has 2 unspecified atom stereocenters. The SMILES string of the molecule is CNS(=O)(=O)c1cc(Cc2nn3c(C(CCCc4ccccc4)C(C)O)nc(C)c3c(=O)[nH]2)ccc1C. The van der Waals surface area contributed by atoms with Crippen molar-refractivity contribution in [2.75, 3.05) is 7.05 Å². The van der Waals surface area contributed by atoms with E-state index in [1.165, 1.54) is 12.6 Å². The third-order valence-electron chi connectivity index (χ3n) is 6.67. The van der Waals surface area contributed by atoms with Crippen LogP contribution in [0.4, 0.5) is 0 Å². The molecule has 0 saturated carbocycles. The second-order valence-corrected chi connectivity index (χ2v) is 11.3. The molecule has 9 nitrogen and oxygen atoms in total. The summed E-state index contributed by atoms with van der Waals surface area (Å²) in [7, 11) is -2.25. The molecule has 0 fully saturated rings. The fraction of sp³-hybridized carbons (Fsp3) is 0.370. The first-order valence-corrected chi connectivity index (χ1v) is 13.8. The standard InChI is InChI=1S/C27H33N5O4S/c1-17-13-14-21(15-23(17)37(35,36)28-4)16-24-30-27(34)25-18(2)29-26(32(25)31-24)22(19(3)33)12-8-11-20-9-6-5-7-10-20/h5-7,9-10,13-15,19,22,28,33H,8,11-12,16H2,1-4H3,(H,30,31,34). The molecule has 196 valence electrons. The number of nitrogens with zero attached hydrogens (tertiary/aromatic N) is 3. The Hall–Kier alpha value is -3.34. The number of aromatic amines is 1. The van der Waals surface area contributed by atoms with Gasteiger partial charge in [0.2, 0.25) is 10.0 Å². The average Bonchev–Trinajstić information content (AvgIpc) is 3.19. The van der Waals surface area contributed by atoms with Crippen molar-refractivity contribution >= 4 is 15.5 Å². The van der Waals surface area contributed by atoms with Gasteiger partial charge in [0.25, 0.3) is 5.56 Å². The minimum absolute atomic E-state index is 0.183. The molecule has 10 heteroatoms. The highest BCUT2D eigenvalue weighted by molar-refractivity contribution is 7.89. The largest absolute Gasteiger partial charge is 0.393 e. The number of rotatable bonds is 10. The number of hydrogen-bond donors (Lipinski definition) is 3. The van der Waals surface area contributed by atoms with Crippen LogP contribution in [0.3, 0.4) is 0 Å². The number of aryl methyl sites for hydroxylation is 3. The van der Waals surface area contributed by atoms with Crippen LogP contribution in [0.25, 0.3) is 5.52 Å². The number of aromatic nitrogens is 4. The van der Waals surface area contributed by atoms with Gasteiger partial charge in [0.05, 0.1) is 16.7 Å². The lowest BCUT2D eigenvalue weighted by molar-refractivity contribution is 0.151. The molecule has 2 atom stereocenters. The Balaban J connectivity index is 1.67. The molecule has 4 aromatic rings. The van der Waals surface area contributed by atoms with Crippen molar-refractivity contribution in [1.29, 1.82) is 0 Å². The number of imidazole rings is 1. The van der Waals surface area contributed by atoms with Crippen LogP contribution in [0, 0.1) is 13.8 Å². The predicted molar refractivity (Wildman–Crippen MR) is 142 cm³/mol. The van der Waals surface area contributed by atoms with Crippen molar-refractivity contribution in [3.63, 3.8) is 0 Å². The van der Waals surface area contributed by atoms with Gasteiger partial charge in [-0.1, -0.05) is 42.5 Å². The average molecular weight is 524 g/mol. The van der Waals surface area contributed by atoms with Crippen LogP contribution in [0.2, 0.25) is 0 Å². The molecule has 0 amide bonds. The summed E-state index contributed by atoms with van der Waals surface area (Å²) in [4.78, 5) is 20.7. The maximum atomic E-state index is 13.0. The second-order valence-electron chi connectivity index (χ2n) is 9.43. The van der Waals surface area contributed by atoms with E-state index < -0.39 is 16.1 Å². The third-order valence-corrected chi connectivity index (χ3v) is 8.22. The van der Waals surface area contributed by atoms with E-state index in [-0.39, 0.29) is 22.8 Å². The summed E-state index contributed by atoms with van der Waals surface area (Å²) in [5.41, 5.74) is 3.10. The van der Waals surface area contributed by atoms with E-state index in [0.29, 0.717) is 40.4 Å². The number of aliphatic hydroxyl groups is 1. The molecule has 0 aliphatic carbocycles. The van der Waals surface area contributed by atoms with Gasteiger partial charge in [0, 0.05) is 12.3 Å². The van der Waals surface area contributed by atoms with E-state index in [0.717, 1.165) is 12.8 Å². The summed E-state index contributed by atoms with van der Waals surface area (Å²) in [5.74, 6) is 0.616. The zero-order chi connectivity index (χ0) is 26.7. The molecule has 0 saturated heterocycles. The lowest BCUT2D eigenvalue weighted by atomic mass is 9.94. The lowest BCUT2D eigenvalue weighted by Crippen LogP contribution is -2.22. The van der Waals surface area contributed by atoms with Crippen LogP contribution in [0.5, 0.6) is 0 Å². The molecule has 0 bridgehead atoms. The minimum atomic E-state index is -3.63. The number of sulfonamides is 1. The van der Waals surface area contributed by atoms with Gasteiger partial charge < -0.3 is 10.1 Å². The monoisotopic (exact) mass is 523 g/mol. The normalized spacial score (nSPS) is 13.6. The Kier molecular flexibility index (Phi) is 7.91. The van der Waals surface area contributed by atoms with Crippen LogP contribution in [-0.2, 0) is 22.9 Å². The van der Waals surface area contributed by atoms with Crippen LogP contribution in [0.15, 0.2) is 58.2 Å². The van der Waals surface area contributed by atoms with Gasteiger partial charge in [-0.2, -0.15) is 5.10 Å². The first-order valence-electron chi connectivity index (χ1n) is 12.3. The van der Waals surface area contributed by atoms with E-state index in [1.54, 1.807) is 37.4 Å². The van der Waals surface area contributed by atoms with Crippen molar-refractivity contribution in [3.8, 4) is 0 Å². The first kappa shape index (κ1) is 26.7. The summed E-state index contributed by atoms with van der Waals surface area (Å²) < 4.78 is 28.7. The van der Waals surface area contributed by atoms with Crippen molar-refractivity contribution in [1.82, 2.24) is 24.3 Å². The van der Waals surface area contributed by atoms with Gasteiger partial charge in [-0.05, 0) is 69.8 Å². The van der Waals surface area contributed by atoms with E-state index in [9.17, 15) is 18.3 Å². The Morgan fingerprint density at radius 2 is 1.84 bits per heavy atom. The van der Waals surface area contributed by atoms with E-state index in [2.05, 4.69) is 31.9 Å². The van der Waals surface area contributed by atoms with E-state index in [4.69, 9.17) is 0 Å². The molecular weight excluding hydrogens is 490 g/mol. The van der Waals surface area contributed by atoms with Gasteiger partial charge in [0.15, 0.2) is 5.52 Å². The summed E-state index contributed by atoms with van der Waals surface area (Å²) in [6, 6.07) is 15.3. The number of aliphatic hydroxyl groups excluding tert-OH is 1. The van der Waals surface area contributed by atoms with Crippen molar-refractivity contribution < 1.29 is 13.5 Å². The molecule has 4 rings (SSSR count). The Bertz CT molecular complexity index is 1560. The van der Waals surface area contributed by atoms with Gasteiger partial charge in [-0.25, -0.2) is 22.6 Å². The van der Waals surface area contributed by atoms with Crippen LogP contribution >= 0.6 is 0 Å². The summed E-state index contributed by atoms with van der Waals surface area (Å²) in [6.07, 6.45) is 1.93. The highest BCUT2D eigenvalue weighted by Gasteiger charge is 2.25. The smallest absolute Gasteiger partial charge is 0.277 e. The fourth-order valence-electron chi connectivity index (χ4n) is 4.66. The highest BCUT2D eigenvalue weighted by Crippen LogP contribution is 2.26. The van der Waals surface area contributed by atoms with Crippen molar-refractivity contribution in [2.24, 2.45) is 0 Å². The van der Waals surface area contributed by atoms with Crippen LogP contribution in [0.1, 0.15) is 59.7 Å². The molecule has 0 aliphatic rings. The molecule has 0 radical (unpaired) electrons. The molecule has 3 N–H and O–H groups in total. The number of nitrogens with one attached hydrogen (secondary N) is 2. The predicted octanol–water partition coefficient (Wildman–Crippen LogP) is 3.02. The van der Waals surface area contributed by atoms with Crippen molar-refractivity contribution in [3.05, 3.63) is 92.9 Å². The maximum absolute atomic E-state index is 13.0. The van der Waals surface area contributed by atoms with E-state index >= 15 is 0 Å². The quantitative estimate of drug-likeness (QED) is 0.293. The van der Waals surface area contributed by atoms with Crippen LogP contribution in [-0.4, -0.2) is 46.3 Å². The Labute approximate surface area is 216 Å². The summed E-state index contributed by atoms with van der Waals surface area (Å²) >= 11 is 0. The fourth-order valence-corrected chi connectivity index (χ4v) is 5.68. The molecule has 0 spiro atoms. The summed E-state index contributed by atoms with van der Waals surface area (Å²) in [5, 5.41) is 15.3. The third kappa shape index (κ3) is 5.82. The highest BCUT2D eigenvalue weighted by atomic mass is 32.2. The lowest BCUT2D eigenvalue weighted by Gasteiger charge is -2.18. The molecule has 2 aromatic carbocycles. The van der Waals surface area contributed by atoms with Gasteiger partial charge in [-0.3, -0.25) is 4.79 Å².